The Hall–Kier alpha value is -1.39. The topological polar surface area (TPSA) is 30.0 Å². The molecule has 0 unspecified atom stereocenters. The first kappa shape index (κ1) is 11.7. The zero-order chi connectivity index (χ0) is 11.7. The minimum absolute atomic E-state index is 0.0967. The van der Waals surface area contributed by atoms with Crippen LogP contribution >= 0.6 is 0 Å². The van der Waals surface area contributed by atoms with Crippen LogP contribution in [0.5, 0.6) is 0 Å². The van der Waals surface area contributed by atoms with Crippen LogP contribution < -0.4 is 0 Å². The lowest BCUT2D eigenvalue weighted by Crippen LogP contribution is -2.37. The van der Waals surface area contributed by atoms with E-state index in [4.69, 9.17) is 0 Å². The molecule has 0 amide bonds. The third kappa shape index (κ3) is 2.16. The van der Waals surface area contributed by atoms with Gasteiger partial charge in [0.25, 0.3) is 0 Å². The molecular formula is C10H10F3NO. The van der Waals surface area contributed by atoms with Gasteiger partial charge in [-0.2, -0.15) is 13.2 Å². The lowest BCUT2D eigenvalue weighted by Gasteiger charge is -2.26. The molecular weight excluding hydrogens is 207 g/mol. The molecule has 0 aliphatic rings. The number of aldehydes is 1. The molecule has 1 heterocycles. The van der Waals surface area contributed by atoms with E-state index >= 15 is 0 Å². The second kappa shape index (κ2) is 3.64. The van der Waals surface area contributed by atoms with E-state index in [9.17, 15) is 18.0 Å². The van der Waals surface area contributed by atoms with Crippen molar-refractivity contribution in [1.82, 2.24) is 4.98 Å². The SMILES string of the molecule is CC(C)(c1ccc(C=O)cn1)C(F)(F)F. The Morgan fingerprint density at radius 1 is 1.27 bits per heavy atom. The highest BCUT2D eigenvalue weighted by Crippen LogP contribution is 2.39. The van der Waals surface area contributed by atoms with Crippen LogP contribution in [0.15, 0.2) is 18.3 Å². The largest absolute Gasteiger partial charge is 0.399 e. The second-order valence-corrected chi connectivity index (χ2v) is 3.72. The van der Waals surface area contributed by atoms with Crippen molar-refractivity contribution in [3.8, 4) is 0 Å². The summed E-state index contributed by atoms with van der Waals surface area (Å²) in [6, 6.07) is 2.54. The zero-order valence-electron chi connectivity index (χ0n) is 8.30. The summed E-state index contributed by atoms with van der Waals surface area (Å²) in [5.41, 5.74) is -1.84. The highest BCUT2D eigenvalue weighted by molar-refractivity contribution is 5.73. The van der Waals surface area contributed by atoms with Crippen LogP contribution in [0.3, 0.4) is 0 Å². The van der Waals surface area contributed by atoms with Crippen molar-refractivity contribution in [1.29, 1.82) is 0 Å². The van der Waals surface area contributed by atoms with Gasteiger partial charge in [0.1, 0.15) is 5.41 Å². The quantitative estimate of drug-likeness (QED) is 0.713. The molecule has 15 heavy (non-hydrogen) atoms. The van der Waals surface area contributed by atoms with E-state index in [1.54, 1.807) is 0 Å². The summed E-state index contributed by atoms with van der Waals surface area (Å²) in [4.78, 5) is 13.9. The van der Waals surface area contributed by atoms with Gasteiger partial charge in [0.2, 0.25) is 0 Å². The number of hydrogen-bond donors (Lipinski definition) is 0. The Balaban J connectivity index is 3.11. The Morgan fingerprint density at radius 3 is 2.20 bits per heavy atom. The standard InChI is InChI=1S/C10H10F3NO/c1-9(2,10(11,12)13)8-4-3-7(6-15)5-14-8/h3-6H,1-2H3. The van der Waals surface area contributed by atoms with Crippen LogP contribution in [-0.2, 0) is 5.41 Å². The first-order chi connectivity index (χ1) is 6.79. The van der Waals surface area contributed by atoms with Crippen LogP contribution in [0, 0.1) is 0 Å². The average Bonchev–Trinajstić information content (AvgIpc) is 2.16. The van der Waals surface area contributed by atoms with E-state index in [0.717, 1.165) is 20.0 Å². The van der Waals surface area contributed by atoms with Gasteiger partial charge in [0.05, 0.1) is 5.69 Å². The molecule has 5 heteroatoms. The number of alkyl halides is 3. The molecule has 82 valence electrons. The van der Waals surface area contributed by atoms with Crippen molar-refractivity contribution >= 4 is 6.29 Å². The number of hydrogen-bond acceptors (Lipinski definition) is 2. The summed E-state index contributed by atoms with van der Waals surface area (Å²) < 4.78 is 37.8. The Labute approximate surface area is 85.1 Å². The van der Waals surface area contributed by atoms with Gasteiger partial charge in [0.15, 0.2) is 6.29 Å². The maximum atomic E-state index is 12.6. The molecule has 0 aromatic carbocycles. The smallest absolute Gasteiger partial charge is 0.298 e. The number of rotatable bonds is 2. The minimum Gasteiger partial charge on any atom is -0.298 e. The van der Waals surface area contributed by atoms with E-state index in [1.807, 2.05) is 0 Å². The lowest BCUT2D eigenvalue weighted by molar-refractivity contribution is -0.181. The fourth-order valence-electron chi connectivity index (χ4n) is 0.990. The lowest BCUT2D eigenvalue weighted by atomic mass is 9.88. The van der Waals surface area contributed by atoms with Crippen LogP contribution in [-0.4, -0.2) is 17.4 Å². The number of aromatic nitrogens is 1. The van der Waals surface area contributed by atoms with E-state index in [-0.39, 0.29) is 11.3 Å². The van der Waals surface area contributed by atoms with Crippen molar-refractivity contribution in [3.05, 3.63) is 29.6 Å². The van der Waals surface area contributed by atoms with Crippen molar-refractivity contribution in [3.63, 3.8) is 0 Å². The highest BCUT2D eigenvalue weighted by Gasteiger charge is 2.49. The number of carbonyl (C=O) groups is 1. The first-order valence-corrected chi connectivity index (χ1v) is 4.27. The fraction of sp³-hybridized carbons (Fsp3) is 0.400. The van der Waals surface area contributed by atoms with Crippen molar-refractivity contribution < 1.29 is 18.0 Å². The normalized spacial score (nSPS) is 12.6. The summed E-state index contributed by atoms with van der Waals surface area (Å²) in [7, 11) is 0. The maximum Gasteiger partial charge on any atom is 0.399 e. The van der Waals surface area contributed by atoms with Gasteiger partial charge in [-0.3, -0.25) is 9.78 Å². The molecule has 0 atom stereocenters. The molecule has 1 aromatic heterocycles. The molecule has 0 aliphatic carbocycles. The van der Waals surface area contributed by atoms with E-state index in [2.05, 4.69) is 4.98 Å². The first-order valence-electron chi connectivity index (χ1n) is 4.27. The van der Waals surface area contributed by atoms with Crippen LogP contribution in [0.4, 0.5) is 13.2 Å². The predicted molar refractivity (Wildman–Crippen MR) is 48.7 cm³/mol. The van der Waals surface area contributed by atoms with Gasteiger partial charge < -0.3 is 0 Å². The number of halogens is 3. The maximum absolute atomic E-state index is 12.6. The van der Waals surface area contributed by atoms with Crippen molar-refractivity contribution in [2.24, 2.45) is 0 Å². The van der Waals surface area contributed by atoms with Crippen molar-refractivity contribution in [2.45, 2.75) is 25.4 Å². The van der Waals surface area contributed by atoms with Crippen LogP contribution in [0.1, 0.15) is 29.9 Å². The molecule has 2 nitrogen and oxygen atoms in total. The molecule has 0 bridgehead atoms. The second-order valence-electron chi connectivity index (χ2n) is 3.72. The van der Waals surface area contributed by atoms with Gasteiger partial charge in [-0.25, -0.2) is 0 Å². The molecule has 0 aliphatic heterocycles. The van der Waals surface area contributed by atoms with E-state index < -0.39 is 11.6 Å². The Kier molecular flexibility index (Phi) is 2.83. The van der Waals surface area contributed by atoms with E-state index in [1.165, 1.54) is 12.1 Å². The van der Waals surface area contributed by atoms with Gasteiger partial charge in [0, 0.05) is 11.8 Å². The zero-order valence-corrected chi connectivity index (χ0v) is 8.30. The van der Waals surface area contributed by atoms with Crippen molar-refractivity contribution in [2.75, 3.05) is 0 Å². The molecule has 0 spiro atoms. The molecule has 1 aromatic rings. The van der Waals surface area contributed by atoms with E-state index in [0.29, 0.717) is 6.29 Å². The van der Waals surface area contributed by atoms with Gasteiger partial charge in [-0.1, -0.05) is 0 Å². The molecule has 0 N–H and O–H groups in total. The third-order valence-corrected chi connectivity index (χ3v) is 2.27. The minimum atomic E-state index is -4.36. The van der Waals surface area contributed by atoms with Gasteiger partial charge >= 0.3 is 6.18 Å². The van der Waals surface area contributed by atoms with Gasteiger partial charge in [-0.15, -0.1) is 0 Å². The average molecular weight is 217 g/mol. The summed E-state index contributed by atoms with van der Waals surface area (Å²) in [5, 5.41) is 0. The molecule has 0 radical (unpaired) electrons. The number of carbonyl (C=O) groups excluding carboxylic acids is 1. The predicted octanol–water partition coefficient (Wildman–Crippen LogP) is 2.73. The Morgan fingerprint density at radius 2 is 1.87 bits per heavy atom. The molecule has 1 rings (SSSR count). The number of pyridine rings is 1. The molecule has 0 fully saturated rings. The van der Waals surface area contributed by atoms with Crippen LogP contribution in [0.25, 0.3) is 0 Å². The highest BCUT2D eigenvalue weighted by atomic mass is 19.4. The Bertz CT molecular complexity index is 354. The summed E-state index contributed by atoms with van der Waals surface area (Å²) in [6.45, 7) is 2.10. The molecule has 0 saturated heterocycles. The summed E-state index contributed by atoms with van der Waals surface area (Å²) >= 11 is 0. The monoisotopic (exact) mass is 217 g/mol. The fourth-order valence-corrected chi connectivity index (χ4v) is 0.990. The van der Waals surface area contributed by atoms with Crippen LogP contribution in [0.2, 0.25) is 0 Å². The third-order valence-electron chi connectivity index (χ3n) is 2.27. The van der Waals surface area contributed by atoms with Gasteiger partial charge in [-0.05, 0) is 26.0 Å². The molecule has 0 saturated carbocycles. The summed E-state index contributed by atoms with van der Waals surface area (Å²) in [6.07, 6.45) is -2.68. The number of nitrogens with zero attached hydrogens (tertiary/aromatic N) is 1. The summed E-state index contributed by atoms with van der Waals surface area (Å²) in [5.74, 6) is 0.